The van der Waals surface area contributed by atoms with Gasteiger partial charge in [0.2, 0.25) is 5.91 Å². The summed E-state index contributed by atoms with van der Waals surface area (Å²) in [6, 6.07) is 4.68. The lowest BCUT2D eigenvalue weighted by Gasteiger charge is -2.32. The van der Waals surface area contributed by atoms with Crippen LogP contribution in [-0.2, 0) is 4.79 Å². The standard InChI is InChI=1S/C22H29N5O4S/c1-4-14(21(29)25-13-7-5-6-8-13)27(15-11-12(2)9-10-16(15)31-3)22(30)19-17(23)18(20(24)28)26-32-19/h9-11,13-14H,4-8,23H2,1-3H3,(H2,24,28)(H,25,29). The van der Waals surface area contributed by atoms with Crippen LogP contribution in [0, 0.1) is 6.92 Å². The summed E-state index contributed by atoms with van der Waals surface area (Å²) in [5.41, 5.74) is 12.5. The Balaban J connectivity index is 2.08. The van der Waals surface area contributed by atoms with Crippen molar-refractivity contribution in [3.63, 3.8) is 0 Å². The largest absolute Gasteiger partial charge is 0.495 e. The number of hydrogen-bond acceptors (Lipinski definition) is 7. The highest BCUT2D eigenvalue weighted by atomic mass is 32.1. The quantitative estimate of drug-likeness (QED) is 0.554. The molecule has 1 aliphatic carbocycles. The molecular formula is C22H29N5O4S. The second-order valence-corrected chi connectivity index (χ2v) is 8.68. The lowest BCUT2D eigenvalue weighted by Crippen LogP contribution is -2.51. The van der Waals surface area contributed by atoms with Crippen LogP contribution in [0.25, 0.3) is 0 Å². The zero-order valence-electron chi connectivity index (χ0n) is 18.5. The number of ether oxygens (including phenoxy) is 1. The zero-order chi connectivity index (χ0) is 23.4. The third kappa shape index (κ3) is 4.69. The van der Waals surface area contributed by atoms with Crippen LogP contribution in [0.1, 0.15) is 64.8 Å². The third-order valence-electron chi connectivity index (χ3n) is 5.67. The van der Waals surface area contributed by atoms with E-state index in [-0.39, 0.29) is 28.2 Å². The molecule has 0 aliphatic heterocycles. The molecule has 0 radical (unpaired) electrons. The molecule has 1 atom stereocenters. The molecule has 172 valence electrons. The van der Waals surface area contributed by atoms with E-state index < -0.39 is 17.9 Å². The first kappa shape index (κ1) is 23.5. The summed E-state index contributed by atoms with van der Waals surface area (Å²) >= 11 is 0.786. The Kier molecular flexibility index (Phi) is 7.34. The van der Waals surface area contributed by atoms with Gasteiger partial charge in [0.05, 0.1) is 18.5 Å². The second-order valence-electron chi connectivity index (χ2n) is 7.90. The molecule has 0 spiro atoms. The highest BCUT2D eigenvalue weighted by Gasteiger charge is 2.36. The highest BCUT2D eigenvalue weighted by molar-refractivity contribution is 7.09. The number of hydrogen-bond donors (Lipinski definition) is 3. The summed E-state index contributed by atoms with van der Waals surface area (Å²) in [7, 11) is 1.50. The first-order valence-corrected chi connectivity index (χ1v) is 11.4. The van der Waals surface area contributed by atoms with Gasteiger partial charge in [-0.1, -0.05) is 25.8 Å². The summed E-state index contributed by atoms with van der Waals surface area (Å²) in [4.78, 5) is 40.1. The minimum Gasteiger partial charge on any atom is -0.495 e. The van der Waals surface area contributed by atoms with Gasteiger partial charge in [-0.3, -0.25) is 19.3 Å². The van der Waals surface area contributed by atoms with E-state index in [0.717, 1.165) is 42.8 Å². The van der Waals surface area contributed by atoms with Crippen LogP contribution in [0.4, 0.5) is 11.4 Å². The van der Waals surface area contributed by atoms with Gasteiger partial charge >= 0.3 is 0 Å². The normalized spacial score (nSPS) is 14.7. The van der Waals surface area contributed by atoms with Crippen LogP contribution in [-0.4, -0.2) is 41.3 Å². The monoisotopic (exact) mass is 459 g/mol. The molecular weight excluding hydrogens is 430 g/mol. The number of nitrogens with zero attached hydrogens (tertiary/aromatic N) is 2. The predicted octanol–water partition coefficient (Wildman–Crippen LogP) is 2.63. The average molecular weight is 460 g/mol. The summed E-state index contributed by atoms with van der Waals surface area (Å²) in [5, 5.41) is 3.09. The molecule has 3 rings (SSSR count). The third-order valence-corrected chi connectivity index (χ3v) is 6.52. The van der Waals surface area contributed by atoms with Gasteiger partial charge in [0.25, 0.3) is 11.8 Å². The maximum Gasteiger partial charge on any atom is 0.272 e. The van der Waals surface area contributed by atoms with E-state index in [0.29, 0.717) is 17.9 Å². The minimum absolute atomic E-state index is 0.0504. The molecule has 1 aromatic heterocycles. The van der Waals surface area contributed by atoms with Crippen molar-refractivity contribution in [3.8, 4) is 5.75 Å². The van der Waals surface area contributed by atoms with E-state index in [1.165, 1.54) is 12.0 Å². The van der Waals surface area contributed by atoms with Crippen molar-refractivity contribution < 1.29 is 19.1 Å². The van der Waals surface area contributed by atoms with Crippen molar-refractivity contribution in [2.75, 3.05) is 17.7 Å². The molecule has 1 saturated carbocycles. The number of rotatable bonds is 8. The Hall–Kier alpha value is -3.14. The van der Waals surface area contributed by atoms with Gasteiger partial charge in [0, 0.05) is 6.04 Å². The van der Waals surface area contributed by atoms with E-state index in [1.807, 2.05) is 19.9 Å². The van der Waals surface area contributed by atoms with E-state index in [2.05, 4.69) is 9.69 Å². The van der Waals surface area contributed by atoms with Crippen molar-refractivity contribution in [3.05, 3.63) is 34.3 Å². The van der Waals surface area contributed by atoms with Gasteiger partial charge in [0.15, 0.2) is 5.69 Å². The number of benzene rings is 1. The number of carbonyl (C=O) groups excluding carboxylic acids is 3. The van der Waals surface area contributed by atoms with Crippen LogP contribution in [0.15, 0.2) is 18.2 Å². The Labute approximate surface area is 191 Å². The molecule has 3 amide bonds. The maximum atomic E-state index is 13.8. The average Bonchev–Trinajstić information content (AvgIpc) is 3.40. The van der Waals surface area contributed by atoms with Crippen LogP contribution < -0.4 is 26.4 Å². The van der Waals surface area contributed by atoms with Gasteiger partial charge < -0.3 is 21.5 Å². The fourth-order valence-corrected chi connectivity index (χ4v) is 4.74. The van der Waals surface area contributed by atoms with Crippen molar-refractivity contribution in [1.29, 1.82) is 0 Å². The van der Waals surface area contributed by atoms with Gasteiger partial charge in [-0.25, -0.2) is 0 Å². The number of methoxy groups -OCH3 is 1. The van der Waals surface area contributed by atoms with Gasteiger partial charge in [0.1, 0.15) is 16.7 Å². The fraction of sp³-hybridized carbons (Fsp3) is 0.455. The number of nitrogens with two attached hydrogens (primary N) is 2. The molecule has 5 N–H and O–H groups in total. The SMILES string of the molecule is CCC(C(=O)NC1CCCC1)N(C(=O)c1snc(C(N)=O)c1N)c1cc(C)ccc1OC. The van der Waals surface area contributed by atoms with Gasteiger partial charge in [-0.05, 0) is 55.4 Å². The second kappa shape index (κ2) is 9.99. The number of aromatic nitrogens is 1. The molecule has 9 nitrogen and oxygen atoms in total. The van der Waals surface area contributed by atoms with Crippen LogP contribution in [0.2, 0.25) is 0 Å². The van der Waals surface area contributed by atoms with Crippen LogP contribution >= 0.6 is 11.5 Å². The molecule has 1 aromatic carbocycles. The fourth-order valence-electron chi connectivity index (χ4n) is 4.00. The molecule has 0 bridgehead atoms. The van der Waals surface area contributed by atoms with E-state index in [4.69, 9.17) is 16.2 Å². The van der Waals surface area contributed by atoms with Crippen molar-refractivity contribution in [2.45, 2.75) is 58.0 Å². The number of carbonyl (C=O) groups is 3. The van der Waals surface area contributed by atoms with Gasteiger partial charge in [-0.2, -0.15) is 4.37 Å². The van der Waals surface area contributed by atoms with Crippen LogP contribution in [0.5, 0.6) is 5.75 Å². The number of anilines is 2. The Morgan fingerprint density at radius 1 is 1.31 bits per heavy atom. The smallest absolute Gasteiger partial charge is 0.272 e. The Bertz CT molecular complexity index is 1020. The molecule has 1 aliphatic rings. The topological polar surface area (TPSA) is 141 Å². The number of aryl methyl sites for hydroxylation is 1. The van der Waals surface area contributed by atoms with E-state index >= 15 is 0 Å². The molecule has 2 aromatic rings. The Morgan fingerprint density at radius 2 is 2.00 bits per heavy atom. The van der Waals surface area contributed by atoms with E-state index in [9.17, 15) is 14.4 Å². The summed E-state index contributed by atoms with van der Waals surface area (Å²) in [6.07, 6.45) is 4.36. The molecule has 0 saturated heterocycles. The first-order chi connectivity index (χ1) is 15.3. The molecule has 1 unspecified atom stereocenters. The maximum absolute atomic E-state index is 13.8. The summed E-state index contributed by atoms with van der Waals surface area (Å²) in [5.74, 6) is -1.16. The Morgan fingerprint density at radius 3 is 2.56 bits per heavy atom. The number of primary amides is 1. The van der Waals surface area contributed by atoms with Crippen LogP contribution in [0.3, 0.4) is 0 Å². The summed E-state index contributed by atoms with van der Waals surface area (Å²) in [6.45, 7) is 3.73. The minimum atomic E-state index is -0.816. The van der Waals surface area contributed by atoms with Crippen molar-refractivity contribution in [1.82, 2.24) is 9.69 Å². The predicted molar refractivity (Wildman–Crippen MR) is 124 cm³/mol. The lowest BCUT2D eigenvalue weighted by atomic mass is 10.1. The van der Waals surface area contributed by atoms with E-state index in [1.54, 1.807) is 12.1 Å². The highest BCUT2D eigenvalue weighted by Crippen LogP contribution is 2.35. The number of amides is 3. The number of nitrogens with one attached hydrogen (secondary N) is 1. The van der Waals surface area contributed by atoms with Gasteiger partial charge in [-0.15, -0.1) is 0 Å². The molecule has 32 heavy (non-hydrogen) atoms. The molecule has 10 heteroatoms. The zero-order valence-corrected chi connectivity index (χ0v) is 19.3. The number of nitrogen functional groups attached to an aromatic ring is 1. The molecule has 1 heterocycles. The lowest BCUT2D eigenvalue weighted by molar-refractivity contribution is -0.123. The summed E-state index contributed by atoms with van der Waals surface area (Å²) < 4.78 is 9.45. The van der Waals surface area contributed by atoms with Crippen molar-refractivity contribution in [2.24, 2.45) is 5.73 Å². The first-order valence-electron chi connectivity index (χ1n) is 10.6. The molecule has 1 fully saturated rings. The van der Waals surface area contributed by atoms with Crippen molar-refractivity contribution >= 4 is 40.6 Å².